The van der Waals surface area contributed by atoms with E-state index in [9.17, 15) is 0 Å². The number of aromatic nitrogens is 4. The highest BCUT2D eigenvalue weighted by atomic mass is 15.3. The minimum absolute atomic E-state index is 0.583. The fourth-order valence-electron chi connectivity index (χ4n) is 2.49. The quantitative estimate of drug-likeness (QED) is 0.565. The summed E-state index contributed by atoms with van der Waals surface area (Å²) in [5.74, 6) is 7.83. The summed E-state index contributed by atoms with van der Waals surface area (Å²) in [6.45, 7) is 4.61. The van der Waals surface area contributed by atoms with Gasteiger partial charge in [0.25, 0.3) is 0 Å². The number of fused-ring (bicyclic) bond motifs is 1. The smallest absolute Gasteiger partial charge is 0.150 e. The Morgan fingerprint density at radius 2 is 2.00 bits per heavy atom. The maximum atomic E-state index is 5.45. The van der Waals surface area contributed by atoms with Gasteiger partial charge in [0.05, 0.1) is 17.6 Å². The van der Waals surface area contributed by atoms with Gasteiger partial charge >= 0.3 is 0 Å². The fourth-order valence-corrected chi connectivity index (χ4v) is 2.49. The van der Waals surface area contributed by atoms with E-state index in [0.29, 0.717) is 12.4 Å². The number of benzene rings is 1. The van der Waals surface area contributed by atoms with Crippen LogP contribution in [0.15, 0.2) is 30.3 Å². The van der Waals surface area contributed by atoms with Gasteiger partial charge in [0.15, 0.2) is 5.82 Å². The number of hydrogen-bond donors (Lipinski definition) is 2. The Morgan fingerprint density at radius 1 is 1.19 bits per heavy atom. The van der Waals surface area contributed by atoms with E-state index in [2.05, 4.69) is 37.9 Å². The van der Waals surface area contributed by atoms with E-state index in [-0.39, 0.29) is 0 Å². The lowest BCUT2D eigenvalue weighted by atomic mass is 10.3. The molecule has 3 N–H and O–H groups in total. The number of nitrogen functional groups attached to an aromatic ring is 1. The number of nitrogens with zero attached hydrogens (tertiary/aromatic N) is 4. The highest BCUT2D eigenvalue weighted by Crippen LogP contribution is 2.18. The number of aryl methyl sites for hydroxylation is 2. The summed E-state index contributed by atoms with van der Waals surface area (Å²) in [6.07, 6.45) is 0.864. The summed E-state index contributed by atoms with van der Waals surface area (Å²) in [4.78, 5) is 13.6. The Kier molecular flexibility index (Phi) is 3.53. The number of imidazole rings is 1. The molecule has 0 unspecified atom stereocenters. The molecule has 2 heterocycles. The number of nitrogens with two attached hydrogens (primary N) is 1. The average Bonchev–Trinajstić information content (AvgIpc) is 2.85. The summed E-state index contributed by atoms with van der Waals surface area (Å²) < 4.78 is 2.16. The van der Waals surface area contributed by atoms with E-state index in [1.54, 1.807) is 0 Å². The minimum Gasteiger partial charge on any atom is -0.320 e. The van der Waals surface area contributed by atoms with Crippen LogP contribution in [0.2, 0.25) is 0 Å². The van der Waals surface area contributed by atoms with Crippen LogP contribution in [0.4, 0.5) is 5.82 Å². The Bertz CT molecular complexity index is 777. The van der Waals surface area contributed by atoms with Crippen LogP contribution < -0.4 is 11.3 Å². The zero-order chi connectivity index (χ0) is 14.8. The molecule has 2 aromatic heterocycles. The monoisotopic (exact) mass is 282 g/mol. The van der Waals surface area contributed by atoms with Gasteiger partial charge in [-0.2, -0.15) is 0 Å². The highest BCUT2D eigenvalue weighted by molar-refractivity contribution is 5.76. The van der Waals surface area contributed by atoms with E-state index < -0.39 is 0 Å². The molecule has 0 bridgehead atoms. The van der Waals surface area contributed by atoms with Gasteiger partial charge in [0, 0.05) is 18.2 Å². The van der Waals surface area contributed by atoms with Crippen molar-refractivity contribution in [3.05, 3.63) is 47.7 Å². The first-order chi connectivity index (χ1) is 10.2. The highest BCUT2D eigenvalue weighted by Gasteiger charge is 2.11. The number of hydrazine groups is 1. The molecule has 3 aromatic rings. The summed E-state index contributed by atoms with van der Waals surface area (Å²) in [7, 11) is 0. The van der Waals surface area contributed by atoms with Crippen molar-refractivity contribution < 1.29 is 0 Å². The fraction of sp³-hybridized carbons (Fsp3) is 0.267. The third-order valence-corrected chi connectivity index (χ3v) is 3.40. The van der Waals surface area contributed by atoms with Crippen molar-refractivity contribution in [3.63, 3.8) is 0 Å². The van der Waals surface area contributed by atoms with Crippen molar-refractivity contribution in [2.75, 3.05) is 5.43 Å². The Labute approximate surface area is 123 Å². The van der Waals surface area contributed by atoms with Gasteiger partial charge < -0.3 is 9.99 Å². The lowest BCUT2D eigenvalue weighted by molar-refractivity contribution is 0.712. The summed E-state index contributed by atoms with van der Waals surface area (Å²) in [6, 6.07) is 9.92. The van der Waals surface area contributed by atoms with Crippen LogP contribution in [0, 0.1) is 6.92 Å². The van der Waals surface area contributed by atoms with Crippen molar-refractivity contribution in [1.29, 1.82) is 0 Å². The zero-order valence-electron chi connectivity index (χ0n) is 12.2. The second-order valence-electron chi connectivity index (χ2n) is 4.91. The predicted octanol–water partition coefficient (Wildman–Crippen LogP) is 2.03. The molecule has 3 rings (SSSR count). The second kappa shape index (κ2) is 5.49. The van der Waals surface area contributed by atoms with Crippen molar-refractivity contribution in [1.82, 2.24) is 19.5 Å². The van der Waals surface area contributed by atoms with Crippen LogP contribution in [-0.2, 0) is 13.0 Å². The lowest BCUT2D eigenvalue weighted by Gasteiger charge is -2.09. The van der Waals surface area contributed by atoms with Gasteiger partial charge in [0.1, 0.15) is 11.6 Å². The van der Waals surface area contributed by atoms with Crippen molar-refractivity contribution in [2.45, 2.75) is 26.8 Å². The minimum atomic E-state index is 0.583. The number of anilines is 1. The van der Waals surface area contributed by atoms with Crippen molar-refractivity contribution in [2.24, 2.45) is 5.84 Å². The molecule has 21 heavy (non-hydrogen) atoms. The van der Waals surface area contributed by atoms with Crippen molar-refractivity contribution in [3.8, 4) is 0 Å². The molecule has 6 nitrogen and oxygen atoms in total. The lowest BCUT2D eigenvalue weighted by Crippen LogP contribution is -2.13. The van der Waals surface area contributed by atoms with Gasteiger partial charge in [-0.05, 0) is 19.1 Å². The molecule has 0 spiro atoms. The van der Waals surface area contributed by atoms with Crippen LogP contribution in [-0.4, -0.2) is 19.5 Å². The molecule has 6 heteroatoms. The molecular weight excluding hydrogens is 264 g/mol. The van der Waals surface area contributed by atoms with Crippen LogP contribution in [0.3, 0.4) is 0 Å². The standard InChI is InChI=1S/C15H18N6/c1-3-15-18-11-6-4-5-7-12(11)21(15)9-14-17-10(2)8-13(19-14)20-16/h4-8H,3,9,16H2,1-2H3,(H,17,19,20). The van der Waals surface area contributed by atoms with Crippen LogP contribution in [0.25, 0.3) is 11.0 Å². The topological polar surface area (TPSA) is 81.7 Å². The van der Waals surface area contributed by atoms with E-state index in [1.165, 1.54) is 0 Å². The largest absolute Gasteiger partial charge is 0.320 e. The molecule has 0 saturated heterocycles. The molecular formula is C15H18N6. The van der Waals surface area contributed by atoms with Gasteiger partial charge in [-0.1, -0.05) is 19.1 Å². The maximum Gasteiger partial charge on any atom is 0.150 e. The summed E-state index contributed by atoms with van der Waals surface area (Å²) >= 11 is 0. The third-order valence-electron chi connectivity index (χ3n) is 3.40. The van der Waals surface area contributed by atoms with E-state index in [4.69, 9.17) is 5.84 Å². The molecule has 0 fully saturated rings. The number of para-hydroxylation sites is 2. The molecule has 0 atom stereocenters. The third kappa shape index (κ3) is 2.57. The first-order valence-corrected chi connectivity index (χ1v) is 6.96. The first kappa shape index (κ1) is 13.5. The van der Waals surface area contributed by atoms with Crippen molar-refractivity contribution >= 4 is 16.9 Å². The van der Waals surface area contributed by atoms with Gasteiger partial charge in [0.2, 0.25) is 0 Å². The SMILES string of the molecule is CCc1nc2ccccc2n1Cc1nc(C)cc(NN)n1. The zero-order valence-corrected chi connectivity index (χ0v) is 12.2. The van der Waals surface area contributed by atoms with E-state index >= 15 is 0 Å². The number of nitrogens with one attached hydrogen (secondary N) is 1. The normalized spacial score (nSPS) is 11.0. The second-order valence-corrected chi connectivity index (χ2v) is 4.91. The summed E-state index contributed by atoms with van der Waals surface area (Å²) in [5.41, 5.74) is 5.56. The molecule has 0 amide bonds. The molecule has 0 saturated carbocycles. The number of rotatable bonds is 4. The predicted molar refractivity (Wildman–Crippen MR) is 82.8 cm³/mol. The number of hydrogen-bond acceptors (Lipinski definition) is 5. The Hall–Kier alpha value is -2.47. The maximum absolute atomic E-state index is 5.45. The van der Waals surface area contributed by atoms with Crippen LogP contribution in [0.5, 0.6) is 0 Å². The van der Waals surface area contributed by atoms with Gasteiger partial charge in [-0.25, -0.2) is 20.8 Å². The Morgan fingerprint density at radius 3 is 2.76 bits per heavy atom. The Balaban J connectivity index is 2.07. The first-order valence-electron chi connectivity index (χ1n) is 6.96. The van der Waals surface area contributed by atoms with Gasteiger partial charge in [-0.3, -0.25) is 0 Å². The van der Waals surface area contributed by atoms with E-state index in [0.717, 1.165) is 34.8 Å². The summed E-state index contributed by atoms with van der Waals surface area (Å²) in [5, 5.41) is 0. The molecule has 0 radical (unpaired) electrons. The molecule has 0 aliphatic carbocycles. The molecule has 1 aromatic carbocycles. The van der Waals surface area contributed by atoms with E-state index in [1.807, 2.05) is 31.2 Å². The van der Waals surface area contributed by atoms with Crippen LogP contribution >= 0.6 is 0 Å². The molecule has 108 valence electrons. The van der Waals surface area contributed by atoms with Crippen LogP contribution in [0.1, 0.15) is 24.3 Å². The van der Waals surface area contributed by atoms with Gasteiger partial charge in [-0.15, -0.1) is 0 Å². The molecule has 0 aliphatic rings. The molecule has 0 aliphatic heterocycles. The average molecular weight is 282 g/mol.